The first-order valence-electron chi connectivity index (χ1n) is 6.87. The van der Waals surface area contributed by atoms with E-state index in [0.29, 0.717) is 36.5 Å². The van der Waals surface area contributed by atoms with Gasteiger partial charge in [0.05, 0.1) is 0 Å². The maximum Gasteiger partial charge on any atom is 0.320 e. The number of halogens is 2. The highest BCUT2D eigenvalue weighted by Gasteiger charge is 2.30. The minimum Gasteiger partial charge on any atom is -0.480 e. The highest BCUT2D eigenvalue weighted by atomic mass is 19.2. The number of aromatic nitrogens is 1. The highest BCUT2D eigenvalue weighted by molar-refractivity contribution is 5.73. The van der Waals surface area contributed by atoms with Crippen LogP contribution in [0.4, 0.5) is 8.78 Å². The second kappa shape index (κ2) is 5.49. The van der Waals surface area contributed by atoms with Gasteiger partial charge in [-0.2, -0.15) is 0 Å². The minimum absolute atomic E-state index is 0.348. The average Bonchev–Trinajstić information content (AvgIpc) is 2.92. The number of nitrogens with zero attached hydrogens (tertiary/aromatic N) is 2. The molecule has 1 aromatic heterocycles. The van der Waals surface area contributed by atoms with Gasteiger partial charge in [0.2, 0.25) is 0 Å². The summed E-state index contributed by atoms with van der Waals surface area (Å²) in [5.74, 6) is -2.13. The van der Waals surface area contributed by atoms with Crippen LogP contribution >= 0.6 is 0 Å². The number of rotatable bonds is 3. The normalized spacial score (nSPS) is 16.3. The maximum atomic E-state index is 13.4. The Morgan fingerprint density at radius 2 is 2.18 bits per heavy atom. The summed E-state index contributed by atoms with van der Waals surface area (Å²) in [7, 11) is 0. The van der Waals surface area contributed by atoms with E-state index in [2.05, 4.69) is 5.16 Å². The standard InChI is InChI=1S/C15H14F2N2O3/c1-8(15(20)21)19-5-4-13-10(7-19)14(18-22-13)9-2-3-11(16)12(17)6-9/h2-3,6,8H,4-5,7H2,1H3,(H,20,21). The first-order chi connectivity index (χ1) is 10.5. The summed E-state index contributed by atoms with van der Waals surface area (Å²) in [5, 5.41) is 13.1. The molecule has 116 valence electrons. The summed E-state index contributed by atoms with van der Waals surface area (Å²) in [4.78, 5) is 12.9. The van der Waals surface area contributed by atoms with Gasteiger partial charge in [0.1, 0.15) is 17.5 Å². The monoisotopic (exact) mass is 308 g/mol. The van der Waals surface area contributed by atoms with E-state index in [1.54, 1.807) is 11.8 Å². The van der Waals surface area contributed by atoms with Gasteiger partial charge in [-0.15, -0.1) is 0 Å². The minimum atomic E-state index is -0.958. The topological polar surface area (TPSA) is 66.6 Å². The molecule has 0 spiro atoms. The summed E-state index contributed by atoms with van der Waals surface area (Å²) >= 11 is 0. The van der Waals surface area contributed by atoms with Crippen molar-refractivity contribution >= 4 is 5.97 Å². The first-order valence-corrected chi connectivity index (χ1v) is 6.87. The van der Waals surface area contributed by atoms with Crippen LogP contribution in [0.1, 0.15) is 18.2 Å². The Balaban J connectivity index is 1.95. The Labute approximate surface area is 125 Å². The van der Waals surface area contributed by atoms with Gasteiger partial charge in [0.25, 0.3) is 0 Å². The molecule has 1 aliphatic heterocycles. The molecule has 0 fully saturated rings. The third-order valence-corrected chi connectivity index (χ3v) is 3.95. The summed E-state index contributed by atoms with van der Waals surface area (Å²) < 4.78 is 31.7. The molecular weight excluding hydrogens is 294 g/mol. The number of benzene rings is 1. The zero-order valence-corrected chi connectivity index (χ0v) is 11.8. The molecule has 0 radical (unpaired) electrons. The SMILES string of the molecule is CC(C(=O)O)N1CCc2onc(-c3ccc(F)c(F)c3)c2C1. The van der Waals surface area contributed by atoms with E-state index >= 15 is 0 Å². The summed E-state index contributed by atoms with van der Waals surface area (Å²) in [6, 6.07) is 2.89. The Morgan fingerprint density at radius 3 is 2.86 bits per heavy atom. The number of carboxylic acids is 1. The summed E-state index contributed by atoms with van der Waals surface area (Å²) in [5.41, 5.74) is 1.57. The molecule has 0 saturated heterocycles. The molecule has 1 atom stereocenters. The molecule has 1 unspecified atom stereocenters. The van der Waals surface area contributed by atoms with Crippen LogP contribution in [0.2, 0.25) is 0 Å². The van der Waals surface area contributed by atoms with Gasteiger partial charge in [-0.25, -0.2) is 8.78 Å². The second-order valence-electron chi connectivity index (χ2n) is 5.30. The van der Waals surface area contributed by atoms with E-state index in [1.165, 1.54) is 6.07 Å². The number of hydrogen-bond donors (Lipinski definition) is 1. The van der Waals surface area contributed by atoms with E-state index in [-0.39, 0.29) is 0 Å². The van der Waals surface area contributed by atoms with Crippen molar-refractivity contribution in [3.8, 4) is 11.3 Å². The van der Waals surface area contributed by atoms with Crippen LogP contribution in [0.25, 0.3) is 11.3 Å². The zero-order chi connectivity index (χ0) is 15.9. The lowest BCUT2D eigenvalue weighted by Crippen LogP contribution is -2.41. The van der Waals surface area contributed by atoms with Crippen molar-refractivity contribution in [2.75, 3.05) is 6.54 Å². The van der Waals surface area contributed by atoms with Crippen LogP contribution in [0, 0.1) is 11.6 Å². The first kappa shape index (κ1) is 14.6. The number of carboxylic acid groups (broad SMARTS) is 1. The number of carbonyl (C=O) groups is 1. The molecule has 0 aliphatic carbocycles. The van der Waals surface area contributed by atoms with E-state index < -0.39 is 23.6 Å². The van der Waals surface area contributed by atoms with Crippen molar-refractivity contribution in [1.82, 2.24) is 10.1 Å². The van der Waals surface area contributed by atoms with Crippen molar-refractivity contribution in [2.24, 2.45) is 0 Å². The van der Waals surface area contributed by atoms with Gasteiger partial charge in [0.15, 0.2) is 11.6 Å². The molecule has 1 N–H and O–H groups in total. The Hall–Kier alpha value is -2.28. The van der Waals surface area contributed by atoms with Crippen LogP contribution in [0.5, 0.6) is 0 Å². The number of aliphatic carboxylic acids is 1. The van der Waals surface area contributed by atoms with Crippen molar-refractivity contribution in [1.29, 1.82) is 0 Å². The van der Waals surface area contributed by atoms with Crippen molar-refractivity contribution in [3.05, 3.63) is 41.2 Å². The average molecular weight is 308 g/mol. The summed E-state index contributed by atoms with van der Waals surface area (Å²) in [6.07, 6.45) is 0.531. The molecule has 0 amide bonds. The number of hydrogen-bond acceptors (Lipinski definition) is 4. The molecule has 1 aromatic carbocycles. The fraction of sp³-hybridized carbons (Fsp3) is 0.333. The second-order valence-corrected chi connectivity index (χ2v) is 5.30. The largest absolute Gasteiger partial charge is 0.480 e. The quantitative estimate of drug-likeness (QED) is 0.943. The third-order valence-electron chi connectivity index (χ3n) is 3.95. The van der Waals surface area contributed by atoms with Crippen LogP contribution in [-0.4, -0.2) is 33.7 Å². The van der Waals surface area contributed by atoms with Gasteiger partial charge < -0.3 is 9.63 Å². The van der Waals surface area contributed by atoms with Crippen molar-refractivity contribution in [2.45, 2.75) is 25.9 Å². The van der Waals surface area contributed by atoms with E-state index in [0.717, 1.165) is 17.7 Å². The molecule has 0 saturated carbocycles. The van der Waals surface area contributed by atoms with Gasteiger partial charge in [-0.05, 0) is 25.1 Å². The maximum absolute atomic E-state index is 13.4. The number of fused-ring (bicyclic) bond motifs is 1. The van der Waals surface area contributed by atoms with E-state index in [4.69, 9.17) is 9.63 Å². The lowest BCUT2D eigenvalue weighted by atomic mass is 10.0. The predicted octanol–water partition coefficient (Wildman–Crippen LogP) is 2.45. The molecular formula is C15H14F2N2O3. The van der Waals surface area contributed by atoms with Gasteiger partial charge in [-0.3, -0.25) is 9.69 Å². The van der Waals surface area contributed by atoms with Crippen LogP contribution in [-0.2, 0) is 17.8 Å². The fourth-order valence-electron chi connectivity index (χ4n) is 2.59. The predicted molar refractivity (Wildman–Crippen MR) is 73.1 cm³/mol. The molecule has 3 rings (SSSR count). The van der Waals surface area contributed by atoms with Crippen LogP contribution < -0.4 is 0 Å². The van der Waals surface area contributed by atoms with E-state index in [1.807, 2.05) is 0 Å². The van der Waals surface area contributed by atoms with Crippen molar-refractivity contribution in [3.63, 3.8) is 0 Å². The molecule has 0 bridgehead atoms. The molecule has 2 aromatic rings. The van der Waals surface area contributed by atoms with Crippen LogP contribution in [0.15, 0.2) is 22.7 Å². The lowest BCUT2D eigenvalue weighted by molar-refractivity contribution is -0.143. The summed E-state index contributed by atoms with van der Waals surface area (Å²) in [6.45, 7) is 2.51. The Bertz CT molecular complexity index is 730. The van der Waals surface area contributed by atoms with Gasteiger partial charge >= 0.3 is 5.97 Å². The fourth-order valence-corrected chi connectivity index (χ4v) is 2.59. The molecule has 5 nitrogen and oxygen atoms in total. The zero-order valence-electron chi connectivity index (χ0n) is 11.8. The Morgan fingerprint density at radius 1 is 1.41 bits per heavy atom. The highest BCUT2D eigenvalue weighted by Crippen LogP contribution is 2.31. The van der Waals surface area contributed by atoms with Gasteiger partial charge in [-0.1, -0.05) is 5.16 Å². The molecule has 2 heterocycles. The molecule has 22 heavy (non-hydrogen) atoms. The smallest absolute Gasteiger partial charge is 0.320 e. The van der Waals surface area contributed by atoms with Crippen LogP contribution in [0.3, 0.4) is 0 Å². The lowest BCUT2D eigenvalue weighted by Gasteiger charge is -2.29. The Kier molecular flexibility index (Phi) is 3.66. The van der Waals surface area contributed by atoms with Gasteiger partial charge in [0, 0.05) is 30.6 Å². The molecule has 1 aliphatic rings. The third kappa shape index (κ3) is 2.48. The van der Waals surface area contributed by atoms with Crippen molar-refractivity contribution < 1.29 is 23.2 Å². The van der Waals surface area contributed by atoms with E-state index in [9.17, 15) is 13.6 Å². The molecule has 7 heteroatoms.